The fourth-order valence-corrected chi connectivity index (χ4v) is 1.96. The molecule has 0 aromatic carbocycles. The Morgan fingerprint density at radius 3 is 2.50 bits per heavy atom. The van der Waals surface area contributed by atoms with Crippen molar-refractivity contribution in [1.29, 1.82) is 0 Å². The fourth-order valence-electron chi connectivity index (χ4n) is 1.96. The topological polar surface area (TPSA) is 93.1 Å². The Labute approximate surface area is 129 Å². The molecule has 0 fully saturated rings. The number of methoxy groups -OCH3 is 1. The van der Waals surface area contributed by atoms with Gasteiger partial charge < -0.3 is 19.7 Å². The van der Waals surface area contributed by atoms with Crippen LogP contribution in [0.3, 0.4) is 0 Å². The van der Waals surface area contributed by atoms with Gasteiger partial charge in [-0.1, -0.05) is 18.2 Å². The smallest absolute Gasteiger partial charge is 0.295 e. The molecule has 2 N–H and O–H groups in total. The lowest BCUT2D eigenvalue weighted by atomic mass is 9.93. The van der Waals surface area contributed by atoms with Crippen LogP contribution in [-0.2, 0) is 19.1 Å². The molecule has 0 radical (unpaired) electrons. The summed E-state index contributed by atoms with van der Waals surface area (Å²) in [7, 11) is 1.31. The summed E-state index contributed by atoms with van der Waals surface area (Å²) in [6.45, 7) is 4.58. The van der Waals surface area contributed by atoms with Gasteiger partial charge in [-0.2, -0.15) is 0 Å². The van der Waals surface area contributed by atoms with Crippen molar-refractivity contribution in [1.82, 2.24) is 0 Å². The summed E-state index contributed by atoms with van der Waals surface area (Å²) in [5, 5.41) is 18.4. The predicted octanol–water partition coefficient (Wildman–Crippen LogP) is 1.04. The second kappa shape index (κ2) is 7.38. The van der Waals surface area contributed by atoms with Gasteiger partial charge in [0.25, 0.3) is 5.95 Å². The van der Waals surface area contributed by atoms with Gasteiger partial charge in [0.2, 0.25) is 5.78 Å². The van der Waals surface area contributed by atoms with E-state index in [1.54, 1.807) is 19.1 Å². The van der Waals surface area contributed by atoms with E-state index in [2.05, 4.69) is 0 Å². The van der Waals surface area contributed by atoms with Crippen LogP contribution >= 0.6 is 0 Å². The third kappa shape index (κ3) is 4.29. The number of hydrogen-bond acceptors (Lipinski definition) is 6. The summed E-state index contributed by atoms with van der Waals surface area (Å²) in [4.78, 5) is 24.5. The number of aliphatic hydroxyl groups excluding tert-OH is 2. The Bertz CT molecular complexity index is 527. The third-order valence-corrected chi connectivity index (χ3v) is 3.05. The molecular formula is C16H22O6. The van der Waals surface area contributed by atoms with E-state index in [4.69, 9.17) is 14.6 Å². The normalized spacial score (nSPS) is 24.9. The van der Waals surface area contributed by atoms with Crippen molar-refractivity contribution in [2.24, 2.45) is 0 Å². The molecule has 22 heavy (non-hydrogen) atoms. The number of rotatable bonds is 7. The lowest BCUT2D eigenvalue weighted by Crippen LogP contribution is -2.33. The van der Waals surface area contributed by atoms with Crippen molar-refractivity contribution < 1.29 is 29.3 Å². The number of carbonyl (C=O) groups is 2. The highest BCUT2D eigenvalue weighted by Gasteiger charge is 2.47. The summed E-state index contributed by atoms with van der Waals surface area (Å²) in [5.74, 6) is -1.17. The molecule has 0 saturated carbocycles. The van der Waals surface area contributed by atoms with Gasteiger partial charge in [0.15, 0.2) is 11.4 Å². The number of Topliss-reactive ketones (excluding diaryl/α,β-unsaturated/α-hetero) is 2. The molecule has 0 bridgehead atoms. The zero-order valence-electron chi connectivity index (χ0n) is 13.2. The van der Waals surface area contributed by atoms with Crippen LogP contribution in [0.2, 0.25) is 0 Å². The molecule has 0 aromatic heterocycles. The summed E-state index contributed by atoms with van der Waals surface area (Å²) in [6.07, 6.45) is 4.50. The maximum Gasteiger partial charge on any atom is 0.295 e. The number of aliphatic hydroxyl groups is 2. The zero-order valence-corrected chi connectivity index (χ0v) is 13.2. The van der Waals surface area contributed by atoms with E-state index >= 15 is 0 Å². The SMILES string of the molecule is COC1=C(C(=O)C[C@H](C)O)C(=O)[C@](C)(/C=C/C=C/[C@H](C)O)O1. The Hall–Kier alpha value is -1.92. The quantitative estimate of drug-likeness (QED) is 0.539. The molecule has 122 valence electrons. The van der Waals surface area contributed by atoms with E-state index in [1.165, 1.54) is 33.1 Å². The van der Waals surface area contributed by atoms with E-state index in [9.17, 15) is 14.7 Å². The molecule has 0 saturated heterocycles. The van der Waals surface area contributed by atoms with Crippen molar-refractivity contribution >= 4 is 11.6 Å². The Balaban J connectivity index is 2.97. The summed E-state index contributed by atoms with van der Waals surface area (Å²) in [6, 6.07) is 0. The van der Waals surface area contributed by atoms with Crippen LogP contribution in [0.15, 0.2) is 35.8 Å². The molecule has 1 heterocycles. The number of ketones is 2. The number of ether oxygens (including phenoxy) is 2. The van der Waals surface area contributed by atoms with Crippen LogP contribution in [0.1, 0.15) is 27.2 Å². The van der Waals surface area contributed by atoms with Crippen molar-refractivity contribution in [3.63, 3.8) is 0 Å². The highest BCUT2D eigenvalue weighted by atomic mass is 16.7. The molecule has 0 aromatic rings. The highest BCUT2D eigenvalue weighted by molar-refractivity contribution is 6.25. The highest BCUT2D eigenvalue weighted by Crippen LogP contribution is 2.33. The maximum absolute atomic E-state index is 12.5. The van der Waals surface area contributed by atoms with Gasteiger partial charge in [-0.05, 0) is 26.8 Å². The average Bonchev–Trinajstić information content (AvgIpc) is 2.66. The molecular weight excluding hydrogens is 288 g/mol. The lowest BCUT2D eigenvalue weighted by molar-refractivity contribution is -0.128. The Morgan fingerprint density at radius 1 is 1.36 bits per heavy atom. The van der Waals surface area contributed by atoms with E-state index in [-0.39, 0.29) is 17.9 Å². The Kier molecular flexibility index (Phi) is 6.08. The first-order valence-corrected chi connectivity index (χ1v) is 6.98. The standard InChI is InChI=1S/C16H22O6/c1-10(17)7-5-6-8-16(3)14(20)13(15(21-4)22-16)12(19)9-11(2)18/h5-8,10-11,17-18H,9H2,1-4H3/b7-5+,8-6+/t10-,11-,16-/m0/s1. The van der Waals surface area contributed by atoms with Crippen LogP contribution in [0.5, 0.6) is 0 Å². The van der Waals surface area contributed by atoms with Gasteiger partial charge in [0, 0.05) is 6.42 Å². The van der Waals surface area contributed by atoms with E-state index in [0.29, 0.717) is 0 Å². The largest absolute Gasteiger partial charge is 0.468 e. The van der Waals surface area contributed by atoms with Gasteiger partial charge in [0.1, 0.15) is 5.57 Å². The van der Waals surface area contributed by atoms with Crippen molar-refractivity contribution in [3.05, 3.63) is 35.8 Å². The lowest BCUT2D eigenvalue weighted by Gasteiger charge is -2.18. The second-order valence-corrected chi connectivity index (χ2v) is 5.37. The minimum absolute atomic E-state index is 0.137. The first-order valence-electron chi connectivity index (χ1n) is 6.98. The van der Waals surface area contributed by atoms with Gasteiger partial charge in [-0.25, -0.2) is 0 Å². The molecule has 1 aliphatic rings. The van der Waals surface area contributed by atoms with Crippen LogP contribution < -0.4 is 0 Å². The Morgan fingerprint density at radius 2 is 2.00 bits per heavy atom. The first-order chi connectivity index (χ1) is 10.2. The number of carbonyl (C=O) groups excluding carboxylic acids is 2. The van der Waals surface area contributed by atoms with E-state index in [0.717, 1.165) is 0 Å². The number of allylic oxidation sites excluding steroid dienone is 2. The molecule has 3 atom stereocenters. The van der Waals surface area contributed by atoms with Crippen LogP contribution in [-0.4, -0.2) is 46.7 Å². The van der Waals surface area contributed by atoms with Gasteiger partial charge in [-0.15, -0.1) is 0 Å². The molecule has 1 rings (SSSR count). The van der Waals surface area contributed by atoms with Gasteiger partial charge in [0.05, 0.1) is 19.3 Å². The number of hydrogen-bond donors (Lipinski definition) is 2. The zero-order chi connectivity index (χ0) is 16.9. The summed E-state index contributed by atoms with van der Waals surface area (Å²) in [5.41, 5.74) is -1.52. The monoisotopic (exact) mass is 310 g/mol. The van der Waals surface area contributed by atoms with Crippen LogP contribution in [0.4, 0.5) is 0 Å². The van der Waals surface area contributed by atoms with E-state index in [1.807, 2.05) is 0 Å². The summed E-state index contributed by atoms with van der Waals surface area (Å²) < 4.78 is 10.4. The van der Waals surface area contributed by atoms with Gasteiger partial charge >= 0.3 is 0 Å². The van der Waals surface area contributed by atoms with Crippen LogP contribution in [0.25, 0.3) is 0 Å². The molecule has 0 aliphatic carbocycles. The van der Waals surface area contributed by atoms with Gasteiger partial charge in [-0.3, -0.25) is 9.59 Å². The second-order valence-electron chi connectivity index (χ2n) is 5.37. The third-order valence-electron chi connectivity index (χ3n) is 3.05. The first kappa shape index (κ1) is 18.1. The minimum atomic E-state index is -1.35. The minimum Gasteiger partial charge on any atom is -0.468 e. The van der Waals surface area contributed by atoms with Crippen molar-refractivity contribution in [2.75, 3.05) is 7.11 Å². The molecule has 0 amide bonds. The molecule has 6 nitrogen and oxygen atoms in total. The maximum atomic E-state index is 12.5. The molecule has 0 spiro atoms. The summed E-state index contributed by atoms with van der Waals surface area (Å²) >= 11 is 0. The van der Waals surface area contributed by atoms with Crippen LogP contribution in [0, 0.1) is 0 Å². The average molecular weight is 310 g/mol. The fraction of sp³-hybridized carbons (Fsp3) is 0.500. The molecule has 1 aliphatic heterocycles. The molecule has 0 unspecified atom stereocenters. The van der Waals surface area contributed by atoms with Crippen molar-refractivity contribution in [3.8, 4) is 0 Å². The predicted molar refractivity (Wildman–Crippen MR) is 79.8 cm³/mol. The van der Waals surface area contributed by atoms with Crippen molar-refractivity contribution in [2.45, 2.75) is 45.0 Å². The van der Waals surface area contributed by atoms with E-state index < -0.39 is 29.4 Å². The molecule has 6 heteroatoms.